The molecule has 0 spiro atoms. The van der Waals surface area contributed by atoms with Crippen LogP contribution in [-0.4, -0.2) is 4.98 Å². The van der Waals surface area contributed by atoms with E-state index >= 15 is 0 Å². The van der Waals surface area contributed by atoms with Crippen LogP contribution in [0, 0.1) is 0 Å². The third kappa shape index (κ3) is 1.97. The second-order valence-electron chi connectivity index (χ2n) is 2.38. The van der Waals surface area contributed by atoms with E-state index in [9.17, 15) is 0 Å². The minimum Gasteiger partial charge on any atom is -0.261 e. The largest absolute Gasteiger partial charge is 0.261 e. The third-order valence-corrected chi connectivity index (χ3v) is 1.61. The van der Waals surface area contributed by atoms with Crippen molar-refractivity contribution in [1.82, 2.24) is 4.98 Å². The van der Waals surface area contributed by atoms with Gasteiger partial charge >= 0.3 is 0 Å². The van der Waals surface area contributed by atoms with E-state index in [1.54, 1.807) is 6.20 Å². The molecule has 1 heterocycles. The highest BCUT2D eigenvalue weighted by Crippen LogP contribution is 2.17. The van der Waals surface area contributed by atoms with Crippen molar-refractivity contribution in [3.05, 3.63) is 40.5 Å². The van der Waals surface area contributed by atoms with Gasteiger partial charge in [0.2, 0.25) is 0 Å². The molecule has 0 aliphatic rings. The molecule has 0 fully saturated rings. The summed E-state index contributed by atoms with van der Waals surface area (Å²) < 4.78 is 0. The Kier molecular flexibility index (Phi) is 3.11. The lowest BCUT2D eigenvalue weighted by molar-refractivity contribution is 0.670. The molecule has 1 atom stereocenters. The number of hydrogen-bond acceptors (Lipinski definition) is 2. The van der Waals surface area contributed by atoms with Gasteiger partial charge in [-0.05, 0) is 24.1 Å². The van der Waals surface area contributed by atoms with E-state index in [0.717, 1.165) is 12.1 Å². The van der Waals surface area contributed by atoms with Crippen molar-refractivity contribution in [3.8, 4) is 0 Å². The van der Waals surface area contributed by atoms with Gasteiger partial charge in [0.05, 0.1) is 6.04 Å². The third-order valence-electron chi connectivity index (χ3n) is 1.61. The van der Waals surface area contributed by atoms with E-state index < -0.39 is 0 Å². The van der Waals surface area contributed by atoms with Crippen LogP contribution in [0.25, 0.3) is 10.4 Å². The lowest BCUT2D eigenvalue weighted by Crippen LogP contribution is -1.94. The highest BCUT2D eigenvalue weighted by molar-refractivity contribution is 5.08. The normalized spacial score (nSPS) is 11.8. The highest BCUT2D eigenvalue weighted by Gasteiger charge is 2.05. The van der Waals surface area contributed by atoms with E-state index in [-0.39, 0.29) is 6.04 Å². The first-order valence-electron chi connectivity index (χ1n) is 3.83. The first-order valence-corrected chi connectivity index (χ1v) is 3.83. The summed E-state index contributed by atoms with van der Waals surface area (Å²) in [5.74, 6) is 0. The van der Waals surface area contributed by atoms with Crippen molar-refractivity contribution >= 4 is 0 Å². The molecule has 1 aromatic heterocycles. The van der Waals surface area contributed by atoms with Gasteiger partial charge in [-0.25, -0.2) is 0 Å². The molecular weight excluding hydrogens is 152 g/mol. The number of nitrogens with zero attached hydrogens (tertiary/aromatic N) is 4. The van der Waals surface area contributed by atoms with Crippen LogP contribution >= 0.6 is 0 Å². The SMILES string of the molecule is CCC(N=[N+]=[N-])c1ccccn1. The van der Waals surface area contributed by atoms with E-state index in [2.05, 4.69) is 15.0 Å². The smallest absolute Gasteiger partial charge is 0.0795 e. The molecule has 4 nitrogen and oxygen atoms in total. The second-order valence-corrected chi connectivity index (χ2v) is 2.38. The Morgan fingerprint density at radius 1 is 1.67 bits per heavy atom. The van der Waals surface area contributed by atoms with Crippen LogP contribution in [0.15, 0.2) is 29.5 Å². The van der Waals surface area contributed by atoms with Crippen molar-refractivity contribution in [2.75, 3.05) is 0 Å². The Labute approximate surface area is 70.9 Å². The summed E-state index contributed by atoms with van der Waals surface area (Å²) in [7, 11) is 0. The number of pyridine rings is 1. The summed E-state index contributed by atoms with van der Waals surface area (Å²) in [5.41, 5.74) is 9.09. The van der Waals surface area contributed by atoms with Gasteiger partial charge in [0.25, 0.3) is 0 Å². The summed E-state index contributed by atoms with van der Waals surface area (Å²) in [6, 6.07) is 5.46. The van der Waals surface area contributed by atoms with Gasteiger partial charge in [0, 0.05) is 16.8 Å². The number of rotatable bonds is 3. The first-order chi connectivity index (χ1) is 5.88. The fourth-order valence-corrected chi connectivity index (χ4v) is 0.985. The van der Waals surface area contributed by atoms with Crippen molar-refractivity contribution in [2.24, 2.45) is 5.11 Å². The van der Waals surface area contributed by atoms with Crippen molar-refractivity contribution in [1.29, 1.82) is 0 Å². The molecule has 1 aromatic rings. The molecule has 1 rings (SSSR count). The molecule has 0 aromatic carbocycles. The fourth-order valence-electron chi connectivity index (χ4n) is 0.985. The molecule has 0 aliphatic heterocycles. The first kappa shape index (κ1) is 8.56. The maximum absolute atomic E-state index is 8.26. The zero-order chi connectivity index (χ0) is 8.81. The zero-order valence-electron chi connectivity index (χ0n) is 6.88. The van der Waals surface area contributed by atoms with E-state index in [4.69, 9.17) is 5.53 Å². The lowest BCUT2D eigenvalue weighted by Gasteiger charge is -2.05. The van der Waals surface area contributed by atoms with Crippen LogP contribution in [0.1, 0.15) is 25.1 Å². The Hall–Kier alpha value is -1.54. The average Bonchev–Trinajstić information content (AvgIpc) is 2.15. The molecule has 0 amide bonds. The Morgan fingerprint density at radius 3 is 3.00 bits per heavy atom. The minimum absolute atomic E-state index is 0.129. The van der Waals surface area contributed by atoms with E-state index in [1.807, 2.05) is 25.1 Å². The second kappa shape index (κ2) is 4.36. The highest BCUT2D eigenvalue weighted by atomic mass is 15.2. The van der Waals surface area contributed by atoms with Crippen LogP contribution in [0.5, 0.6) is 0 Å². The van der Waals surface area contributed by atoms with Crippen molar-refractivity contribution in [3.63, 3.8) is 0 Å². The predicted molar refractivity (Wildman–Crippen MR) is 46.4 cm³/mol. The van der Waals surface area contributed by atoms with Gasteiger partial charge in [0.15, 0.2) is 0 Å². The fraction of sp³-hybridized carbons (Fsp3) is 0.375. The van der Waals surface area contributed by atoms with E-state index in [0.29, 0.717) is 0 Å². The van der Waals surface area contributed by atoms with Crippen LogP contribution in [0.3, 0.4) is 0 Å². The van der Waals surface area contributed by atoms with Crippen LogP contribution in [0.2, 0.25) is 0 Å². The summed E-state index contributed by atoms with van der Waals surface area (Å²) in [4.78, 5) is 6.87. The summed E-state index contributed by atoms with van der Waals surface area (Å²) in [6.07, 6.45) is 2.48. The molecule has 0 saturated carbocycles. The molecule has 62 valence electrons. The average molecular weight is 162 g/mol. The molecule has 0 radical (unpaired) electrons. The lowest BCUT2D eigenvalue weighted by atomic mass is 10.1. The number of aromatic nitrogens is 1. The van der Waals surface area contributed by atoms with Gasteiger partial charge in [-0.1, -0.05) is 18.1 Å². The zero-order valence-corrected chi connectivity index (χ0v) is 6.88. The molecule has 0 bridgehead atoms. The van der Waals surface area contributed by atoms with Gasteiger partial charge in [0.1, 0.15) is 0 Å². The van der Waals surface area contributed by atoms with Gasteiger partial charge in [-0.3, -0.25) is 4.98 Å². The van der Waals surface area contributed by atoms with E-state index in [1.165, 1.54) is 0 Å². The Morgan fingerprint density at radius 2 is 2.50 bits per heavy atom. The standard InChI is InChI=1S/C8H10N4/c1-2-7(11-12-9)8-5-3-4-6-10-8/h3-7H,2H2,1H3. The Bertz CT molecular complexity index is 276. The topological polar surface area (TPSA) is 61.7 Å². The molecule has 1 unspecified atom stereocenters. The summed E-state index contributed by atoms with van der Waals surface area (Å²) in [6.45, 7) is 1.97. The molecule has 0 N–H and O–H groups in total. The monoisotopic (exact) mass is 162 g/mol. The molecule has 0 aliphatic carbocycles. The molecule has 4 heteroatoms. The maximum atomic E-state index is 8.26. The van der Waals surface area contributed by atoms with Gasteiger partial charge in [-0.15, -0.1) is 0 Å². The van der Waals surface area contributed by atoms with Crippen LogP contribution in [0.4, 0.5) is 0 Å². The predicted octanol–water partition coefficient (Wildman–Crippen LogP) is 2.84. The summed E-state index contributed by atoms with van der Waals surface area (Å²) in [5, 5.41) is 3.63. The summed E-state index contributed by atoms with van der Waals surface area (Å²) >= 11 is 0. The van der Waals surface area contributed by atoms with Crippen molar-refractivity contribution in [2.45, 2.75) is 19.4 Å². The van der Waals surface area contributed by atoms with Gasteiger partial charge < -0.3 is 0 Å². The maximum Gasteiger partial charge on any atom is 0.0795 e. The van der Waals surface area contributed by atoms with Gasteiger partial charge in [-0.2, -0.15) is 0 Å². The number of hydrogen-bond donors (Lipinski definition) is 0. The molecule has 0 saturated heterocycles. The van der Waals surface area contributed by atoms with Crippen LogP contribution < -0.4 is 0 Å². The van der Waals surface area contributed by atoms with Crippen molar-refractivity contribution < 1.29 is 0 Å². The molecular formula is C8H10N4. The number of azide groups is 1. The van der Waals surface area contributed by atoms with Crippen LogP contribution in [-0.2, 0) is 0 Å². The Balaban J connectivity index is 2.87. The minimum atomic E-state index is -0.129. The molecule has 12 heavy (non-hydrogen) atoms. The quantitative estimate of drug-likeness (QED) is 0.383.